The number of nitrogens with two attached hydrogens (primary N) is 1. The summed E-state index contributed by atoms with van der Waals surface area (Å²) in [6.07, 6.45) is 4.24. The van der Waals surface area contributed by atoms with E-state index in [0.29, 0.717) is 27.9 Å². The summed E-state index contributed by atoms with van der Waals surface area (Å²) in [6.45, 7) is 7.32. The van der Waals surface area contributed by atoms with Crippen molar-refractivity contribution in [3.8, 4) is 11.5 Å². The number of carbonyl (C=O) groups excluding carboxylic acids is 1. The van der Waals surface area contributed by atoms with E-state index in [9.17, 15) is 4.79 Å². The Labute approximate surface area is 207 Å². The molecule has 3 N–H and O–H groups in total. The van der Waals surface area contributed by atoms with Crippen LogP contribution in [0.2, 0.25) is 0 Å². The maximum atomic E-state index is 12.6. The summed E-state index contributed by atoms with van der Waals surface area (Å²) in [4.78, 5) is 28.6. The molecule has 10 heteroatoms. The van der Waals surface area contributed by atoms with Crippen LogP contribution >= 0.6 is 15.9 Å². The zero-order valence-electron chi connectivity index (χ0n) is 19.9. The number of hydrogen-bond acceptors (Lipinski definition) is 7. The highest BCUT2D eigenvalue weighted by atomic mass is 79.9. The first-order valence-electron chi connectivity index (χ1n) is 11.5. The van der Waals surface area contributed by atoms with Crippen LogP contribution in [0.3, 0.4) is 0 Å². The Kier molecular flexibility index (Phi) is 5.46. The topological polar surface area (TPSA) is 111 Å². The highest BCUT2D eigenvalue weighted by Gasteiger charge is 2.47. The second kappa shape index (κ2) is 8.11. The van der Waals surface area contributed by atoms with Crippen LogP contribution < -0.4 is 16.0 Å². The number of nitrogens with one attached hydrogen (secondary N) is 1. The van der Waals surface area contributed by atoms with Gasteiger partial charge in [-0.15, -0.1) is 0 Å². The maximum Gasteiger partial charge on any atom is 0.408 e. The number of rotatable bonds is 3. The molecule has 2 bridgehead atoms. The van der Waals surface area contributed by atoms with Crippen molar-refractivity contribution in [2.75, 3.05) is 23.7 Å². The quantitative estimate of drug-likeness (QED) is 0.523. The number of nitrogens with zero attached hydrogens (tertiary/aromatic N) is 5. The number of para-hydroxylation sites is 1. The number of carbonyl (C=O) groups is 1. The van der Waals surface area contributed by atoms with Crippen molar-refractivity contribution in [1.82, 2.24) is 24.8 Å². The van der Waals surface area contributed by atoms with E-state index in [1.807, 2.05) is 44.5 Å². The summed E-state index contributed by atoms with van der Waals surface area (Å²) < 4.78 is 8.21. The minimum atomic E-state index is -0.527. The zero-order chi connectivity index (χ0) is 24.3. The van der Waals surface area contributed by atoms with Gasteiger partial charge in [-0.25, -0.2) is 19.7 Å². The highest BCUT2D eigenvalue weighted by molar-refractivity contribution is 9.10. The minimum absolute atomic E-state index is 0.297. The highest BCUT2D eigenvalue weighted by Crippen LogP contribution is 2.43. The number of alkyl carbamates (subject to hydrolysis) is 1. The van der Waals surface area contributed by atoms with Gasteiger partial charge in [-0.1, -0.05) is 6.07 Å². The van der Waals surface area contributed by atoms with E-state index in [1.54, 1.807) is 6.20 Å². The largest absolute Gasteiger partial charge is 0.444 e. The number of ether oxygens (including phenoxy) is 1. The first kappa shape index (κ1) is 22.9. The number of piperidine rings is 1. The van der Waals surface area contributed by atoms with Gasteiger partial charge in [0.25, 0.3) is 0 Å². The molecule has 2 atom stereocenters. The molecule has 1 amide bonds. The van der Waals surface area contributed by atoms with Crippen molar-refractivity contribution in [3.05, 3.63) is 29.0 Å². The summed E-state index contributed by atoms with van der Waals surface area (Å²) >= 11 is 3.38. The van der Waals surface area contributed by atoms with E-state index in [-0.39, 0.29) is 11.6 Å². The van der Waals surface area contributed by atoms with Crippen molar-refractivity contribution in [3.63, 3.8) is 0 Å². The second-order valence-electron chi connectivity index (χ2n) is 10.5. The van der Waals surface area contributed by atoms with Crippen molar-refractivity contribution >= 4 is 44.6 Å². The van der Waals surface area contributed by atoms with Crippen LogP contribution in [0.25, 0.3) is 22.6 Å². The summed E-state index contributed by atoms with van der Waals surface area (Å²) in [7, 11) is 1.98. The number of benzene rings is 1. The molecule has 3 aromatic rings. The van der Waals surface area contributed by atoms with Crippen molar-refractivity contribution in [2.24, 2.45) is 13.0 Å². The van der Waals surface area contributed by atoms with E-state index in [0.717, 1.165) is 49.1 Å². The predicted octanol–water partition coefficient (Wildman–Crippen LogP) is 4.26. The molecule has 1 aliphatic carbocycles. The molecule has 0 radical (unpaired) electrons. The zero-order valence-corrected chi connectivity index (χ0v) is 21.5. The van der Waals surface area contributed by atoms with Gasteiger partial charge in [-0.2, -0.15) is 0 Å². The Balaban J connectivity index is 1.50. The number of anilines is 2. The third-order valence-corrected chi connectivity index (χ3v) is 7.03. The number of halogens is 1. The molecule has 1 aliphatic heterocycles. The van der Waals surface area contributed by atoms with E-state index in [2.05, 4.69) is 42.2 Å². The Morgan fingerprint density at radius 2 is 2.12 bits per heavy atom. The smallest absolute Gasteiger partial charge is 0.408 e. The fourth-order valence-corrected chi connectivity index (χ4v) is 5.67. The summed E-state index contributed by atoms with van der Waals surface area (Å²) in [5.41, 5.74) is 8.81. The Bertz CT molecular complexity index is 1270. The SMILES string of the molecule is Cn1c(-c2nc(Br)cnc2N)nc2cccc(N3CC4CCC(NC(=O)OC(C)(C)C)(C4)C3)c21. The van der Waals surface area contributed by atoms with Crippen LogP contribution in [-0.2, 0) is 11.8 Å². The number of fused-ring (bicyclic) bond motifs is 3. The molecule has 9 nitrogen and oxygen atoms in total. The molecular formula is C24H30BrN7O2. The molecule has 0 spiro atoms. The van der Waals surface area contributed by atoms with E-state index in [4.69, 9.17) is 15.5 Å². The molecule has 2 aliphatic rings. The van der Waals surface area contributed by atoms with Crippen LogP contribution in [-0.4, -0.2) is 49.8 Å². The number of hydrogen-bond donors (Lipinski definition) is 2. The second-order valence-corrected chi connectivity index (χ2v) is 11.3. The van der Waals surface area contributed by atoms with Gasteiger partial charge in [0.05, 0.1) is 28.5 Å². The fourth-order valence-electron chi connectivity index (χ4n) is 5.39. The lowest BCUT2D eigenvalue weighted by Crippen LogP contribution is -2.58. The molecule has 2 aromatic heterocycles. The third kappa shape index (κ3) is 4.19. The summed E-state index contributed by atoms with van der Waals surface area (Å²) in [5, 5.41) is 3.22. The van der Waals surface area contributed by atoms with Crippen LogP contribution in [0.5, 0.6) is 0 Å². The average Bonchev–Trinajstić information content (AvgIpc) is 3.24. The number of aromatic nitrogens is 4. The van der Waals surface area contributed by atoms with Crippen molar-refractivity contribution < 1.29 is 9.53 Å². The van der Waals surface area contributed by atoms with Crippen LogP contribution in [0, 0.1) is 5.92 Å². The van der Waals surface area contributed by atoms with Gasteiger partial charge < -0.3 is 25.3 Å². The first-order chi connectivity index (χ1) is 16.0. The molecule has 5 rings (SSSR count). The lowest BCUT2D eigenvalue weighted by Gasteiger charge is -2.42. The lowest BCUT2D eigenvalue weighted by molar-refractivity contribution is 0.0452. The molecule has 2 fully saturated rings. The van der Waals surface area contributed by atoms with E-state index in [1.165, 1.54) is 0 Å². The molecular weight excluding hydrogens is 498 g/mol. The molecule has 3 heterocycles. The third-order valence-electron chi connectivity index (χ3n) is 6.65. The molecule has 2 unspecified atom stereocenters. The van der Waals surface area contributed by atoms with Crippen molar-refractivity contribution in [2.45, 2.75) is 51.2 Å². The normalized spacial score (nSPS) is 22.3. The van der Waals surface area contributed by atoms with E-state index < -0.39 is 5.60 Å². The van der Waals surface area contributed by atoms with Crippen LogP contribution in [0.1, 0.15) is 40.0 Å². The monoisotopic (exact) mass is 527 g/mol. The average molecular weight is 528 g/mol. The predicted molar refractivity (Wildman–Crippen MR) is 136 cm³/mol. The van der Waals surface area contributed by atoms with E-state index >= 15 is 0 Å². The fraction of sp³-hybridized carbons (Fsp3) is 0.500. The van der Waals surface area contributed by atoms with Crippen molar-refractivity contribution in [1.29, 1.82) is 0 Å². The summed E-state index contributed by atoms with van der Waals surface area (Å²) in [6, 6.07) is 6.14. The number of aryl methyl sites for hydroxylation is 1. The molecule has 180 valence electrons. The van der Waals surface area contributed by atoms with Gasteiger partial charge in [-0.05, 0) is 74.0 Å². The molecule has 1 saturated heterocycles. The maximum absolute atomic E-state index is 12.6. The molecule has 1 saturated carbocycles. The van der Waals surface area contributed by atoms with Gasteiger partial charge >= 0.3 is 6.09 Å². The van der Waals surface area contributed by atoms with Crippen LogP contribution in [0.4, 0.5) is 16.3 Å². The Morgan fingerprint density at radius 3 is 2.88 bits per heavy atom. The van der Waals surface area contributed by atoms with Gasteiger partial charge in [0.2, 0.25) is 0 Å². The summed E-state index contributed by atoms with van der Waals surface area (Å²) in [5.74, 6) is 1.51. The Morgan fingerprint density at radius 1 is 1.32 bits per heavy atom. The van der Waals surface area contributed by atoms with Crippen LogP contribution in [0.15, 0.2) is 29.0 Å². The van der Waals surface area contributed by atoms with Gasteiger partial charge in [0.15, 0.2) is 11.6 Å². The van der Waals surface area contributed by atoms with Gasteiger partial charge in [-0.3, -0.25) is 0 Å². The molecule has 1 aromatic carbocycles. The van der Waals surface area contributed by atoms with Gasteiger partial charge in [0, 0.05) is 20.1 Å². The first-order valence-corrected chi connectivity index (χ1v) is 12.3. The molecule has 34 heavy (non-hydrogen) atoms. The standard InChI is InChI=1S/C24H30BrN7O2/c1-23(2,3)34-22(33)30-24-9-8-14(10-24)12-32(13-24)16-7-5-6-15-19(16)31(4)21(28-15)18-20(26)27-11-17(25)29-18/h5-7,11,14H,8-10,12-13H2,1-4H3,(H2,26,27)(H,30,33). The number of nitrogen functional groups attached to an aromatic ring is 1. The van der Waals surface area contributed by atoms with Gasteiger partial charge in [0.1, 0.15) is 15.9 Å². The number of imidazole rings is 1. The Hall–Kier alpha value is -2.88. The minimum Gasteiger partial charge on any atom is -0.444 e. The number of amides is 1. The lowest BCUT2D eigenvalue weighted by atomic mass is 9.90.